The average Bonchev–Trinajstić information content (AvgIpc) is 2.61. The van der Waals surface area contributed by atoms with E-state index in [-0.39, 0.29) is 16.5 Å². The van der Waals surface area contributed by atoms with E-state index >= 15 is 0 Å². The molecule has 0 aliphatic heterocycles. The molecular formula is C21H24N2Ni. The van der Waals surface area contributed by atoms with Crippen LogP contribution in [-0.4, -0.2) is 11.9 Å². The molecule has 2 rings (SSSR count). The third kappa shape index (κ3) is 8.03. The summed E-state index contributed by atoms with van der Waals surface area (Å²) in [7, 11) is 0. The number of hydrogen-bond donors (Lipinski definition) is 0. The first-order valence-electron chi connectivity index (χ1n) is 8.28. The number of unbranched alkanes of at least 4 members (excludes halogenated alkanes) is 3. The summed E-state index contributed by atoms with van der Waals surface area (Å²) in [6, 6.07) is 19.9. The molecule has 24 heavy (non-hydrogen) atoms. The molecule has 0 aromatic heterocycles. The minimum absolute atomic E-state index is 0. The normalized spacial score (nSPS) is 11.8. The first-order chi connectivity index (χ1) is 11.4. The van der Waals surface area contributed by atoms with Crippen molar-refractivity contribution in [3.63, 3.8) is 0 Å². The second-order valence-corrected chi connectivity index (χ2v) is 5.36. The quantitative estimate of drug-likeness (QED) is 0.299. The van der Waals surface area contributed by atoms with E-state index in [2.05, 4.69) is 29.1 Å². The molecule has 2 aromatic carbocycles. The summed E-state index contributed by atoms with van der Waals surface area (Å²) in [4.78, 5) is 9.18. The number of benzene rings is 2. The van der Waals surface area contributed by atoms with Gasteiger partial charge in [-0.15, -0.1) is 0 Å². The molecule has 0 radical (unpaired) electrons. The first-order valence-corrected chi connectivity index (χ1v) is 8.28. The molecule has 0 amide bonds. The molecule has 2 aromatic rings. The van der Waals surface area contributed by atoms with Crippen LogP contribution in [-0.2, 0) is 16.5 Å². The fraction of sp³-hybridized carbons (Fsp3) is 0.238. The second kappa shape index (κ2) is 12.4. The molecule has 0 N–H and O–H groups in total. The summed E-state index contributed by atoms with van der Waals surface area (Å²) < 4.78 is 0. The predicted octanol–water partition coefficient (Wildman–Crippen LogP) is 6.30. The van der Waals surface area contributed by atoms with Gasteiger partial charge >= 0.3 is 0 Å². The molecule has 0 bridgehead atoms. The van der Waals surface area contributed by atoms with E-state index < -0.39 is 0 Å². The summed E-state index contributed by atoms with van der Waals surface area (Å²) in [5.74, 6) is 0. The van der Waals surface area contributed by atoms with Gasteiger partial charge in [-0.25, -0.2) is 4.99 Å². The SMILES string of the molecule is CCCCC/C=C/C(C=Nc1ccccc1)=Nc1ccccc1.[Ni]. The van der Waals surface area contributed by atoms with Gasteiger partial charge in [0, 0.05) is 16.5 Å². The maximum absolute atomic E-state index is 4.67. The Kier molecular flexibility index (Phi) is 10.4. The van der Waals surface area contributed by atoms with E-state index in [0.29, 0.717) is 0 Å². The smallest absolute Gasteiger partial charge is 0.0816 e. The Morgan fingerprint density at radius 1 is 0.875 bits per heavy atom. The van der Waals surface area contributed by atoms with Gasteiger partial charge in [0.1, 0.15) is 0 Å². The van der Waals surface area contributed by atoms with Crippen LogP contribution >= 0.6 is 0 Å². The minimum Gasteiger partial charge on any atom is -0.255 e. The van der Waals surface area contributed by atoms with Crippen molar-refractivity contribution in [3.05, 3.63) is 72.8 Å². The van der Waals surface area contributed by atoms with E-state index in [4.69, 9.17) is 0 Å². The molecule has 3 heteroatoms. The Labute approximate surface area is 155 Å². The molecule has 0 saturated carbocycles. The Balaban J connectivity index is 0.00000288. The zero-order valence-electron chi connectivity index (χ0n) is 14.0. The van der Waals surface area contributed by atoms with Crippen LogP contribution in [0.5, 0.6) is 0 Å². The van der Waals surface area contributed by atoms with E-state index in [1.54, 1.807) is 0 Å². The van der Waals surface area contributed by atoms with Gasteiger partial charge < -0.3 is 0 Å². The summed E-state index contributed by atoms with van der Waals surface area (Å²) in [6.07, 6.45) is 10.9. The number of allylic oxidation sites excluding steroid dienone is 2. The van der Waals surface area contributed by atoms with Crippen molar-refractivity contribution in [1.29, 1.82) is 0 Å². The standard InChI is InChI=1S/C21H24N2.Ni/c1-2-3-4-5-8-17-21(23-20-15-11-7-12-16-20)18-22-19-13-9-6-10-14-19;/h6-18H,2-5H2,1H3;/b17-8+,22-18?,23-21?;. The van der Waals surface area contributed by atoms with Gasteiger partial charge in [0.2, 0.25) is 0 Å². The Hall–Kier alpha value is -1.99. The largest absolute Gasteiger partial charge is 0.255 e. The molecule has 0 atom stereocenters. The summed E-state index contributed by atoms with van der Waals surface area (Å²) in [6.45, 7) is 2.22. The number of nitrogens with zero attached hydrogens (tertiary/aromatic N) is 2. The second-order valence-electron chi connectivity index (χ2n) is 5.36. The predicted molar refractivity (Wildman–Crippen MR) is 101 cm³/mol. The van der Waals surface area contributed by atoms with Crippen LogP contribution in [0, 0.1) is 0 Å². The fourth-order valence-electron chi connectivity index (χ4n) is 2.13. The number of aliphatic imine (C=N–C) groups is 2. The van der Waals surface area contributed by atoms with Gasteiger partial charge in [0.15, 0.2) is 0 Å². The van der Waals surface area contributed by atoms with Crippen molar-refractivity contribution >= 4 is 23.3 Å². The van der Waals surface area contributed by atoms with Crippen molar-refractivity contribution < 1.29 is 16.5 Å². The van der Waals surface area contributed by atoms with Gasteiger partial charge in [0.05, 0.1) is 23.3 Å². The molecule has 0 aliphatic carbocycles. The maximum atomic E-state index is 4.67. The average molecular weight is 363 g/mol. The van der Waals surface area contributed by atoms with Crippen molar-refractivity contribution in [3.8, 4) is 0 Å². The Morgan fingerprint density at radius 2 is 1.50 bits per heavy atom. The van der Waals surface area contributed by atoms with Crippen molar-refractivity contribution in [2.45, 2.75) is 32.6 Å². The summed E-state index contributed by atoms with van der Waals surface area (Å²) in [5, 5.41) is 0. The van der Waals surface area contributed by atoms with Crippen LogP contribution in [0.4, 0.5) is 11.4 Å². The topological polar surface area (TPSA) is 24.7 Å². The molecule has 0 unspecified atom stereocenters. The Morgan fingerprint density at radius 3 is 2.12 bits per heavy atom. The molecule has 0 spiro atoms. The van der Waals surface area contributed by atoms with E-state index in [1.807, 2.05) is 66.9 Å². The molecule has 0 fully saturated rings. The molecule has 0 heterocycles. The van der Waals surface area contributed by atoms with Gasteiger partial charge in [-0.1, -0.05) is 62.2 Å². The molecule has 2 nitrogen and oxygen atoms in total. The van der Waals surface area contributed by atoms with Crippen molar-refractivity contribution in [1.82, 2.24) is 0 Å². The first kappa shape index (κ1) is 20.1. The Bertz CT molecular complexity index is 646. The zero-order valence-corrected chi connectivity index (χ0v) is 15.0. The van der Waals surface area contributed by atoms with Crippen LogP contribution in [0.2, 0.25) is 0 Å². The molecule has 0 saturated heterocycles. The van der Waals surface area contributed by atoms with Crippen molar-refractivity contribution in [2.24, 2.45) is 9.98 Å². The third-order valence-corrected chi connectivity index (χ3v) is 3.38. The fourth-order valence-corrected chi connectivity index (χ4v) is 2.13. The summed E-state index contributed by atoms with van der Waals surface area (Å²) >= 11 is 0. The molecule has 128 valence electrons. The van der Waals surface area contributed by atoms with Crippen molar-refractivity contribution in [2.75, 3.05) is 0 Å². The van der Waals surface area contributed by atoms with Crippen LogP contribution in [0.25, 0.3) is 0 Å². The van der Waals surface area contributed by atoms with E-state index in [9.17, 15) is 0 Å². The number of para-hydroxylation sites is 2. The minimum atomic E-state index is 0. The number of hydrogen-bond acceptors (Lipinski definition) is 2. The van der Waals surface area contributed by atoms with Crippen LogP contribution < -0.4 is 0 Å². The summed E-state index contributed by atoms with van der Waals surface area (Å²) in [5.41, 5.74) is 2.75. The van der Waals surface area contributed by atoms with Gasteiger partial charge in [-0.3, -0.25) is 4.99 Å². The molecular weight excluding hydrogens is 339 g/mol. The van der Waals surface area contributed by atoms with Gasteiger partial charge in [-0.2, -0.15) is 0 Å². The monoisotopic (exact) mass is 362 g/mol. The van der Waals surface area contributed by atoms with Gasteiger partial charge in [-0.05, 0) is 43.2 Å². The van der Waals surface area contributed by atoms with Gasteiger partial charge in [0.25, 0.3) is 0 Å². The van der Waals surface area contributed by atoms with E-state index in [1.165, 1.54) is 19.3 Å². The van der Waals surface area contributed by atoms with Crippen LogP contribution in [0.1, 0.15) is 32.6 Å². The third-order valence-electron chi connectivity index (χ3n) is 3.38. The number of rotatable bonds is 8. The molecule has 0 aliphatic rings. The van der Waals surface area contributed by atoms with Crippen LogP contribution in [0.3, 0.4) is 0 Å². The maximum Gasteiger partial charge on any atom is 0.0816 e. The zero-order chi connectivity index (χ0) is 16.2. The van der Waals surface area contributed by atoms with E-state index in [0.717, 1.165) is 23.5 Å². The van der Waals surface area contributed by atoms with Crippen LogP contribution in [0.15, 0.2) is 82.8 Å².